The van der Waals surface area contributed by atoms with Gasteiger partial charge in [0.25, 0.3) is 0 Å². The van der Waals surface area contributed by atoms with Crippen LogP contribution in [0.2, 0.25) is 0 Å². The molecule has 0 saturated heterocycles. The minimum absolute atomic E-state index is 0.0366. The van der Waals surface area contributed by atoms with Crippen molar-refractivity contribution in [1.29, 1.82) is 5.26 Å². The number of nitrogens with zero attached hydrogens (tertiary/aromatic N) is 1. The van der Waals surface area contributed by atoms with Gasteiger partial charge < -0.3 is 5.73 Å². The highest BCUT2D eigenvalue weighted by Gasteiger charge is 2.20. The number of hydrogen-bond acceptors (Lipinski definition) is 5. The van der Waals surface area contributed by atoms with Crippen LogP contribution >= 0.6 is 23.1 Å². The molecule has 2 aromatic rings. The standard InChI is InChI=1S/C14H12N2OS2/c1-18-14-10(8-15)12(16)13(19-14)11(17)7-9-5-3-2-4-6-9/h2-6H,7,16H2,1H3. The van der Waals surface area contributed by atoms with Gasteiger partial charge in [-0.3, -0.25) is 4.79 Å². The summed E-state index contributed by atoms with van der Waals surface area (Å²) in [5.41, 5.74) is 7.59. The lowest BCUT2D eigenvalue weighted by Crippen LogP contribution is -2.04. The zero-order chi connectivity index (χ0) is 13.8. The molecule has 2 N–H and O–H groups in total. The summed E-state index contributed by atoms with van der Waals surface area (Å²) in [6.45, 7) is 0. The predicted octanol–water partition coefficient (Wildman–Crippen LogP) is 3.35. The fraction of sp³-hybridized carbons (Fsp3) is 0.143. The molecule has 0 aliphatic heterocycles. The highest BCUT2D eigenvalue weighted by molar-refractivity contribution is 8.00. The monoisotopic (exact) mass is 288 g/mol. The van der Waals surface area contributed by atoms with Crippen molar-refractivity contribution < 1.29 is 4.79 Å². The smallest absolute Gasteiger partial charge is 0.179 e. The van der Waals surface area contributed by atoms with Crippen LogP contribution in [0.3, 0.4) is 0 Å². The molecular weight excluding hydrogens is 276 g/mol. The van der Waals surface area contributed by atoms with Crippen LogP contribution in [0.1, 0.15) is 20.8 Å². The maximum Gasteiger partial charge on any atom is 0.179 e. The van der Waals surface area contributed by atoms with Gasteiger partial charge in [0.1, 0.15) is 11.6 Å². The summed E-state index contributed by atoms with van der Waals surface area (Å²) in [6, 6.07) is 11.6. The van der Waals surface area contributed by atoms with E-state index in [0.717, 1.165) is 9.77 Å². The van der Waals surface area contributed by atoms with Gasteiger partial charge in [-0.15, -0.1) is 23.1 Å². The van der Waals surface area contributed by atoms with Gasteiger partial charge in [0.2, 0.25) is 0 Å². The lowest BCUT2D eigenvalue weighted by molar-refractivity contribution is 0.0997. The van der Waals surface area contributed by atoms with Crippen molar-refractivity contribution in [3.05, 3.63) is 46.3 Å². The first-order valence-electron chi connectivity index (χ1n) is 5.60. The molecule has 0 atom stereocenters. The average Bonchev–Trinajstić information content (AvgIpc) is 2.76. The number of ketones is 1. The molecule has 0 spiro atoms. The zero-order valence-electron chi connectivity index (χ0n) is 10.3. The number of nitrogens with two attached hydrogens (primary N) is 1. The molecule has 0 aliphatic carbocycles. The molecule has 0 amide bonds. The third-order valence-electron chi connectivity index (χ3n) is 2.67. The third kappa shape index (κ3) is 2.80. The molecule has 0 unspecified atom stereocenters. The molecule has 0 fully saturated rings. The SMILES string of the molecule is CSc1sc(C(=O)Cc2ccccc2)c(N)c1C#N. The summed E-state index contributed by atoms with van der Waals surface area (Å²) in [6.07, 6.45) is 2.18. The second-order valence-electron chi connectivity index (χ2n) is 3.91. The van der Waals surface area contributed by atoms with Crippen molar-refractivity contribution >= 4 is 34.6 Å². The Morgan fingerprint density at radius 3 is 2.63 bits per heavy atom. The molecule has 0 aliphatic rings. The van der Waals surface area contributed by atoms with Gasteiger partial charge in [-0.25, -0.2) is 0 Å². The van der Waals surface area contributed by atoms with Gasteiger partial charge in [-0.05, 0) is 11.8 Å². The van der Waals surface area contributed by atoms with Crippen LogP contribution in [0.25, 0.3) is 0 Å². The average molecular weight is 288 g/mol. The first-order valence-corrected chi connectivity index (χ1v) is 7.65. The van der Waals surface area contributed by atoms with Crippen LogP contribution in [0, 0.1) is 11.3 Å². The maximum atomic E-state index is 12.2. The minimum atomic E-state index is -0.0366. The molecule has 1 aromatic heterocycles. The summed E-state index contributed by atoms with van der Waals surface area (Å²) < 4.78 is 0.802. The Morgan fingerprint density at radius 1 is 1.42 bits per heavy atom. The topological polar surface area (TPSA) is 66.9 Å². The van der Waals surface area contributed by atoms with Crippen LogP contribution < -0.4 is 5.73 Å². The van der Waals surface area contributed by atoms with Crippen molar-refractivity contribution in [2.75, 3.05) is 12.0 Å². The number of carbonyl (C=O) groups excluding carboxylic acids is 1. The van der Waals surface area contributed by atoms with Crippen LogP contribution in [0.15, 0.2) is 34.5 Å². The van der Waals surface area contributed by atoms with Crippen molar-refractivity contribution in [2.24, 2.45) is 0 Å². The van der Waals surface area contributed by atoms with Crippen LogP contribution in [-0.4, -0.2) is 12.0 Å². The predicted molar refractivity (Wildman–Crippen MR) is 79.7 cm³/mol. The van der Waals surface area contributed by atoms with Gasteiger partial charge in [-0.1, -0.05) is 30.3 Å². The fourth-order valence-corrected chi connectivity index (χ4v) is 3.52. The lowest BCUT2D eigenvalue weighted by Gasteiger charge is -2.00. The molecular formula is C14H12N2OS2. The van der Waals surface area contributed by atoms with E-state index in [1.807, 2.05) is 36.6 Å². The number of thioether (sulfide) groups is 1. The van der Waals surface area contributed by atoms with E-state index in [1.165, 1.54) is 23.1 Å². The number of rotatable bonds is 4. The molecule has 96 valence electrons. The first kappa shape index (κ1) is 13.7. The number of Topliss-reactive ketones (excluding diaryl/α,β-unsaturated/α-hetero) is 1. The van der Waals surface area contributed by atoms with E-state index in [-0.39, 0.29) is 5.78 Å². The largest absolute Gasteiger partial charge is 0.396 e. The minimum Gasteiger partial charge on any atom is -0.396 e. The molecule has 0 bridgehead atoms. The molecule has 0 radical (unpaired) electrons. The Kier molecular flexibility index (Phi) is 4.25. The Bertz CT molecular complexity index is 641. The molecule has 1 aromatic carbocycles. The fourth-order valence-electron chi connectivity index (χ4n) is 1.74. The Morgan fingerprint density at radius 2 is 2.11 bits per heavy atom. The number of anilines is 1. The Balaban J connectivity index is 2.30. The lowest BCUT2D eigenvalue weighted by atomic mass is 10.1. The van der Waals surface area contributed by atoms with E-state index in [0.29, 0.717) is 22.5 Å². The van der Waals surface area contributed by atoms with E-state index in [2.05, 4.69) is 6.07 Å². The van der Waals surface area contributed by atoms with E-state index in [9.17, 15) is 4.79 Å². The number of nitriles is 1. The molecule has 1 heterocycles. The Labute approximate surface area is 120 Å². The van der Waals surface area contributed by atoms with E-state index >= 15 is 0 Å². The van der Waals surface area contributed by atoms with Crippen LogP contribution in [-0.2, 0) is 6.42 Å². The van der Waals surface area contributed by atoms with Gasteiger partial charge in [0, 0.05) is 6.42 Å². The highest BCUT2D eigenvalue weighted by Crippen LogP contribution is 2.37. The first-order chi connectivity index (χ1) is 9.17. The zero-order valence-corrected chi connectivity index (χ0v) is 12.0. The van der Waals surface area contributed by atoms with Crippen molar-refractivity contribution in [1.82, 2.24) is 0 Å². The highest BCUT2D eigenvalue weighted by atomic mass is 32.2. The second-order valence-corrected chi connectivity index (χ2v) is 6.00. The summed E-state index contributed by atoms with van der Waals surface area (Å²) in [5, 5.41) is 9.07. The molecule has 0 saturated carbocycles. The number of benzene rings is 1. The van der Waals surface area contributed by atoms with E-state index < -0.39 is 0 Å². The van der Waals surface area contributed by atoms with E-state index in [1.54, 1.807) is 0 Å². The summed E-state index contributed by atoms with van der Waals surface area (Å²) in [4.78, 5) is 12.7. The second kappa shape index (κ2) is 5.91. The number of carbonyl (C=O) groups is 1. The van der Waals surface area contributed by atoms with Crippen molar-refractivity contribution in [3.63, 3.8) is 0 Å². The normalized spacial score (nSPS) is 10.1. The quantitative estimate of drug-likeness (QED) is 0.692. The molecule has 2 rings (SSSR count). The summed E-state index contributed by atoms with van der Waals surface area (Å²) in [7, 11) is 0. The number of thiophene rings is 1. The van der Waals surface area contributed by atoms with Gasteiger partial charge in [-0.2, -0.15) is 5.26 Å². The summed E-state index contributed by atoms with van der Waals surface area (Å²) in [5.74, 6) is -0.0366. The number of hydrogen-bond donors (Lipinski definition) is 1. The van der Waals surface area contributed by atoms with Crippen LogP contribution in [0.5, 0.6) is 0 Å². The maximum absolute atomic E-state index is 12.2. The summed E-state index contributed by atoms with van der Waals surface area (Å²) >= 11 is 2.75. The third-order valence-corrected chi connectivity index (χ3v) is 5.04. The van der Waals surface area contributed by atoms with Gasteiger partial charge in [0.15, 0.2) is 5.78 Å². The van der Waals surface area contributed by atoms with Crippen LogP contribution in [0.4, 0.5) is 5.69 Å². The molecule has 19 heavy (non-hydrogen) atoms. The van der Waals surface area contributed by atoms with E-state index in [4.69, 9.17) is 11.0 Å². The molecule has 5 heteroatoms. The molecule has 3 nitrogen and oxygen atoms in total. The van der Waals surface area contributed by atoms with Gasteiger partial charge >= 0.3 is 0 Å². The number of nitrogen functional groups attached to an aromatic ring is 1. The van der Waals surface area contributed by atoms with Gasteiger partial charge in [0.05, 0.1) is 14.8 Å². The Hall–Kier alpha value is -1.77. The van der Waals surface area contributed by atoms with Crippen molar-refractivity contribution in [2.45, 2.75) is 10.6 Å². The van der Waals surface area contributed by atoms with Crippen molar-refractivity contribution in [3.8, 4) is 6.07 Å².